The van der Waals surface area contributed by atoms with Crippen LogP contribution in [0.4, 0.5) is 11.4 Å². The monoisotopic (exact) mass is 346 g/mol. The molecule has 1 amide bonds. The number of amides is 1. The Morgan fingerprint density at radius 1 is 0.958 bits per heavy atom. The minimum absolute atomic E-state index is 0.0466. The van der Waals surface area contributed by atoms with Gasteiger partial charge in [-0.1, -0.05) is 38.1 Å². The summed E-state index contributed by atoms with van der Waals surface area (Å²) in [5, 5.41) is 2.84. The highest BCUT2D eigenvalue weighted by molar-refractivity contribution is 7.92. The van der Waals surface area contributed by atoms with Gasteiger partial charge in [-0.05, 0) is 43.2 Å². The van der Waals surface area contributed by atoms with E-state index >= 15 is 0 Å². The second kappa shape index (κ2) is 7.97. The van der Waals surface area contributed by atoms with Gasteiger partial charge in [-0.25, -0.2) is 8.42 Å². The van der Waals surface area contributed by atoms with Crippen LogP contribution in [0.2, 0.25) is 0 Å². The molecule has 2 rings (SSSR count). The molecule has 0 saturated heterocycles. The minimum Gasteiger partial charge on any atom is -0.326 e. The van der Waals surface area contributed by atoms with Gasteiger partial charge in [-0.15, -0.1) is 0 Å². The number of carbonyl (C=O) groups is 1. The van der Waals surface area contributed by atoms with Crippen LogP contribution in [-0.2, 0) is 14.8 Å². The lowest BCUT2D eigenvalue weighted by Gasteiger charge is -2.14. The van der Waals surface area contributed by atoms with Crippen LogP contribution in [0.5, 0.6) is 0 Å². The van der Waals surface area contributed by atoms with E-state index in [2.05, 4.69) is 10.0 Å². The fourth-order valence-corrected chi connectivity index (χ4v) is 3.45. The number of benzene rings is 2. The lowest BCUT2D eigenvalue weighted by atomic mass is 10.0. The molecule has 2 aromatic rings. The Labute approximate surface area is 143 Å². The van der Waals surface area contributed by atoms with Gasteiger partial charge in [0.2, 0.25) is 5.91 Å². The number of rotatable bonds is 7. The average molecular weight is 346 g/mol. The molecule has 0 bridgehead atoms. The molecule has 2 N–H and O–H groups in total. The molecule has 2 aromatic carbocycles. The molecule has 0 unspecified atom stereocenters. The van der Waals surface area contributed by atoms with E-state index in [1.165, 1.54) is 12.1 Å². The first-order chi connectivity index (χ1) is 11.5. The Morgan fingerprint density at radius 2 is 1.58 bits per heavy atom. The zero-order valence-corrected chi connectivity index (χ0v) is 14.6. The molecule has 0 heterocycles. The third-order valence-electron chi connectivity index (χ3n) is 3.79. The Hall–Kier alpha value is -2.34. The fraction of sp³-hybridized carbons (Fsp3) is 0.278. The number of hydrogen-bond acceptors (Lipinski definition) is 3. The van der Waals surface area contributed by atoms with E-state index < -0.39 is 10.0 Å². The number of anilines is 2. The summed E-state index contributed by atoms with van der Waals surface area (Å²) in [5.41, 5.74) is 0.973. The maximum absolute atomic E-state index is 12.3. The van der Waals surface area contributed by atoms with Gasteiger partial charge in [-0.3, -0.25) is 9.52 Å². The molecule has 0 spiro atoms. The number of sulfonamides is 1. The maximum Gasteiger partial charge on any atom is 0.261 e. The summed E-state index contributed by atoms with van der Waals surface area (Å²) in [6, 6.07) is 14.8. The van der Waals surface area contributed by atoms with Gasteiger partial charge in [0.15, 0.2) is 0 Å². The molecule has 0 fully saturated rings. The average Bonchev–Trinajstić information content (AvgIpc) is 2.56. The van der Waals surface area contributed by atoms with Crippen LogP contribution < -0.4 is 10.0 Å². The first kappa shape index (κ1) is 18.0. The van der Waals surface area contributed by atoms with Gasteiger partial charge in [0.25, 0.3) is 10.0 Å². The summed E-state index contributed by atoms with van der Waals surface area (Å²) in [4.78, 5) is 12.3. The highest BCUT2D eigenvalue weighted by Crippen LogP contribution is 2.20. The number of carbonyl (C=O) groups excluding carboxylic acids is 1. The third-order valence-corrected chi connectivity index (χ3v) is 5.19. The maximum atomic E-state index is 12.3. The van der Waals surface area contributed by atoms with E-state index in [-0.39, 0.29) is 16.7 Å². The zero-order chi connectivity index (χ0) is 17.6. The van der Waals surface area contributed by atoms with Gasteiger partial charge in [0.1, 0.15) is 0 Å². The molecule has 24 heavy (non-hydrogen) atoms. The van der Waals surface area contributed by atoms with E-state index in [0.717, 1.165) is 12.8 Å². The summed E-state index contributed by atoms with van der Waals surface area (Å²) < 4.78 is 27.2. The van der Waals surface area contributed by atoms with Gasteiger partial charge in [0, 0.05) is 11.6 Å². The second-order valence-electron chi connectivity index (χ2n) is 5.50. The Bertz CT molecular complexity index is 785. The molecular formula is C18H22N2O3S. The van der Waals surface area contributed by atoms with Crippen molar-refractivity contribution in [1.82, 2.24) is 0 Å². The predicted molar refractivity (Wildman–Crippen MR) is 96.4 cm³/mol. The highest BCUT2D eigenvalue weighted by Gasteiger charge is 2.16. The topological polar surface area (TPSA) is 75.3 Å². The smallest absolute Gasteiger partial charge is 0.261 e. The lowest BCUT2D eigenvalue weighted by molar-refractivity contribution is -0.120. The molecule has 5 nitrogen and oxygen atoms in total. The van der Waals surface area contributed by atoms with Gasteiger partial charge in [0.05, 0.1) is 10.6 Å². The van der Waals surface area contributed by atoms with Crippen molar-refractivity contribution < 1.29 is 13.2 Å². The Morgan fingerprint density at radius 3 is 2.21 bits per heavy atom. The molecule has 0 radical (unpaired) electrons. The van der Waals surface area contributed by atoms with E-state index in [0.29, 0.717) is 11.4 Å². The van der Waals surface area contributed by atoms with Crippen LogP contribution >= 0.6 is 0 Å². The zero-order valence-electron chi connectivity index (χ0n) is 13.8. The lowest BCUT2D eigenvalue weighted by Crippen LogP contribution is -2.21. The second-order valence-corrected chi connectivity index (χ2v) is 7.18. The van der Waals surface area contributed by atoms with Crippen LogP contribution in [0.25, 0.3) is 0 Å². The van der Waals surface area contributed by atoms with Crippen molar-refractivity contribution >= 4 is 27.3 Å². The third kappa shape index (κ3) is 4.58. The first-order valence-electron chi connectivity index (χ1n) is 7.95. The summed E-state index contributed by atoms with van der Waals surface area (Å²) in [7, 11) is -3.65. The quantitative estimate of drug-likeness (QED) is 0.799. The van der Waals surface area contributed by atoms with Gasteiger partial charge in [-0.2, -0.15) is 0 Å². The minimum atomic E-state index is -3.65. The van der Waals surface area contributed by atoms with Crippen LogP contribution in [0, 0.1) is 5.92 Å². The van der Waals surface area contributed by atoms with Gasteiger partial charge >= 0.3 is 0 Å². The van der Waals surface area contributed by atoms with Crippen molar-refractivity contribution in [2.75, 3.05) is 10.0 Å². The summed E-state index contributed by atoms with van der Waals surface area (Å²) in [6.07, 6.45) is 1.53. The number of nitrogens with one attached hydrogen (secondary N) is 2. The Kier molecular flexibility index (Phi) is 5.98. The van der Waals surface area contributed by atoms with Crippen molar-refractivity contribution in [2.45, 2.75) is 31.6 Å². The molecule has 0 aliphatic rings. The molecule has 0 aliphatic heterocycles. The van der Waals surface area contributed by atoms with Crippen molar-refractivity contribution in [3.63, 3.8) is 0 Å². The number of hydrogen-bond donors (Lipinski definition) is 2. The van der Waals surface area contributed by atoms with E-state index in [4.69, 9.17) is 0 Å². The molecule has 0 aliphatic carbocycles. The summed E-state index contributed by atoms with van der Waals surface area (Å²) >= 11 is 0. The van der Waals surface area contributed by atoms with Crippen molar-refractivity contribution in [3.05, 3.63) is 54.6 Å². The van der Waals surface area contributed by atoms with Crippen LogP contribution in [0.15, 0.2) is 59.5 Å². The van der Waals surface area contributed by atoms with Gasteiger partial charge < -0.3 is 5.32 Å². The van der Waals surface area contributed by atoms with Crippen LogP contribution in [-0.4, -0.2) is 14.3 Å². The predicted octanol–water partition coefficient (Wildman–Crippen LogP) is 3.86. The Balaban J connectivity index is 2.15. The van der Waals surface area contributed by atoms with E-state index in [1.807, 2.05) is 13.8 Å². The largest absolute Gasteiger partial charge is 0.326 e. The molecule has 128 valence electrons. The molecule has 0 aromatic heterocycles. The standard InChI is InChI=1S/C18H22N2O3S/c1-3-14(4-2)18(21)19-15-9-8-10-16(13-15)20-24(22,23)17-11-6-5-7-12-17/h5-14,20H,3-4H2,1-2H3,(H,19,21). The normalized spacial score (nSPS) is 11.3. The SMILES string of the molecule is CCC(CC)C(=O)Nc1cccc(NS(=O)(=O)c2ccccc2)c1. The van der Waals surface area contributed by atoms with Crippen molar-refractivity contribution in [2.24, 2.45) is 5.92 Å². The molecule has 0 atom stereocenters. The van der Waals surface area contributed by atoms with Crippen LogP contribution in [0.1, 0.15) is 26.7 Å². The van der Waals surface area contributed by atoms with E-state index in [1.54, 1.807) is 42.5 Å². The summed E-state index contributed by atoms with van der Waals surface area (Å²) in [6.45, 7) is 3.94. The van der Waals surface area contributed by atoms with Crippen molar-refractivity contribution in [3.8, 4) is 0 Å². The first-order valence-corrected chi connectivity index (χ1v) is 9.43. The molecule has 6 heteroatoms. The molecule has 0 saturated carbocycles. The fourth-order valence-electron chi connectivity index (χ4n) is 2.38. The van der Waals surface area contributed by atoms with Crippen LogP contribution in [0.3, 0.4) is 0 Å². The summed E-state index contributed by atoms with van der Waals surface area (Å²) in [5.74, 6) is -0.0993. The highest BCUT2D eigenvalue weighted by atomic mass is 32.2. The molecular weight excluding hydrogens is 324 g/mol. The van der Waals surface area contributed by atoms with E-state index in [9.17, 15) is 13.2 Å². The van der Waals surface area contributed by atoms with Crippen molar-refractivity contribution in [1.29, 1.82) is 0 Å².